The highest BCUT2D eigenvalue weighted by molar-refractivity contribution is 5.85. The van der Waals surface area contributed by atoms with Crippen molar-refractivity contribution in [1.29, 1.82) is 0 Å². The first kappa shape index (κ1) is 16.3. The van der Waals surface area contributed by atoms with E-state index in [0.29, 0.717) is 18.8 Å². The lowest BCUT2D eigenvalue weighted by Crippen LogP contribution is -2.50. The van der Waals surface area contributed by atoms with Crippen LogP contribution in [0.25, 0.3) is 0 Å². The van der Waals surface area contributed by atoms with Gasteiger partial charge in [0, 0.05) is 26.2 Å². The standard InChI is InChI=1S/C16H23N3O3/c1-13-5-3-4-6-14(13)22-12-15(20)17-11-16(21)19-9-7-18(2)8-10-19/h3-6H,7-12H2,1-2H3,(H,17,20). The van der Waals surface area contributed by atoms with Gasteiger partial charge in [0.15, 0.2) is 6.61 Å². The molecular weight excluding hydrogens is 282 g/mol. The van der Waals surface area contributed by atoms with Gasteiger partial charge in [0.1, 0.15) is 5.75 Å². The van der Waals surface area contributed by atoms with Crippen LogP contribution in [0.2, 0.25) is 0 Å². The van der Waals surface area contributed by atoms with Crippen molar-refractivity contribution < 1.29 is 14.3 Å². The molecule has 6 nitrogen and oxygen atoms in total. The van der Waals surface area contributed by atoms with Crippen molar-refractivity contribution in [2.75, 3.05) is 46.4 Å². The van der Waals surface area contributed by atoms with E-state index in [4.69, 9.17) is 4.74 Å². The van der Waals surface area contributed by atoms with Crippen LogP contribution < -0.4 is 10.1 Å². The lowest BCUT2D eigenvalue weighted by molar-refractivity contribution is -0.134. The number of nitrogens with zero attached hydrogens (tertiary/aromatic N) is 2. The first-order chi connectivity index (χ1) is 10.6. The number of ether oxygens (including phenoxy) is 1. The fraction of sp³-hybridized carbons (Fsp3) is 0.500. The average Bonchev–Trinajstić information content (AvgIpc) is 2.52. The molecule has 0 aliphatic carbocycles. The van der Waals surface area contributed by atoms with Crippen LogP contribution in [0, 0.1) is 6.92 Å². The summed E-state index contributed by atoms with van der Waals surface area (Å²) in [4.78, 5) is 27.7. The predicted molar refractivity (Wildman–Crippen MR) is 83.8 cm³/mol. The third-order valence-corrected chi connectivity index (χ3v) is 3.75. The zero-order valence-corrected chi connectivity index (χ0v) is 13.2. The number of piperazine rings is 1. The molecule has 1 N–H and O–H groups in total. The van der Waals surface area contributed by atoms with E-state index in [0.717, 1.165) is 18.7 Å². The molecule has 0 atom stereocenters. The van der Waals surface area contributed by atoms with Crippen LogP contribution in [0.3, 0.4) is 0 Å². The Balaban J connectivity index is 1.69. The molecule has 1 heterocycles. The molecule has 0 bridgehead atoms. The van der Waals surface area contributed by atoms with Crippen LogP contribution in [0.1, 0.15) is 5.56 Å². The molecule has 6 heteroatoms. The molecule has 1 aromatic rings. The summed E-state index contributed by atoms with van der Waals surface area (Å²) in [6, 6.07) is 7.51. The van der Waals surface area contributed by atoms with Gasteiger partial charge in [-0.05, 0) is 25.6 Å². The Kier molecular flexibility index (Phi) is 5.77. The number of carbonyl (C=O) groups is 2. The number of benzene rings is 1. The second kappa shape index (κ2) is 7.79. The zero-order valence-electron chi connectivity index (χ0n) is 13.2. The second-order valence-electron chi connectivity index (χ2n) is 5.51. The maximum absolute atomic E-state index is 12.0. The summed E-state index contributed by atoms with van der Waals surface area (Å²) in [5, 5.41) is 2.61. The van der Waals surface area contributed by atoms with Gasteiger partial charge in [-0.3, -0.25) is 9.59 Å². The van der Waals surface area contributed by atoms with Gasteiger partial charge in [0.2, 0.25) is 5.91 Å². The smallest absolute Gasteiger partial charge is 0.258 e. The quantitative estimate of drug-likeness (QED) is 0.848. The highest BCUT2D eigenvalue weighted by Crippen LogP contribution is 2.15. The molecule has 1 fully saturated rings. The Morgan fingerprint density at radius 1 is 1.18 bits per heavy atom. The number of hydrogen-bond acceptors (Lipinski definition) is 4. The summed E-state index contributed by atoms with van der Waals surface area (Å²) in [6.07, 6.45) is 0. The zero-order chi connectivity index (χ0) is 15.9. The van der Waals surface area contributed by atoms with E-state index in [2.05, 4.69) is 10.2 Å². The molecule has 0 aromatic heterocycles. The van der Waals surface area contributed by atoms with E-state index < -0.39 is 0 Å². The first-order valence-electron chi connectivity index (χ1n) is 7.47. The molecule has 120 valence electrons. The number of rotatable bonds is 5. The predicted octanol–water partition coefficient (Wildman–Crippen LogP) is 0.264. The summed E-state index contributed by atoms with van der Waals surface area (Å²) < 4.78 is 5.45. The molecule has 0 saturated carbocycles. The summed E-state index contributed by atoms with van der Waals surface area (Å²) >= 11 is 0. The molecule has 1 saturated heterocycles. The molecule has 22 heavy (non-hydrogen) atoms. The van der Waals surface area contributed by atoms with Gasteiger partial charge in [-0.1, -0.05) is 18.2 Å². The Morgan fingerprint density at radius 3 is 2.55 bits per heavy atom. The minimum atomic E-state index is -0.286. The van der Waals surface area contributed by atoms with Crippen molar-refractivity contribution in [3.63, 3.8) is 0 Å². The molecular formula is C16H23N3O3. The van der Waals surface area contributed by atoms with Crippen LogP contribution in [0.15, 0.2) is 24.3 Å². The lowest BCUT2D eigenvalue weighted by atomic mass is 10.2. The number of aryl methyl sites for hydroxylation is 1. The molecule has 0 radical (unpaired) electrons. The number of nitrogens with one attached hydrogen (secondary N) is 1. The number of amides is 2. The number of carbonyl (C=O) groups excluding carboxylic acids is 2. The van der Waals surface area contributed by atoms with Crippen LogP contribution >= 0.6 is 0 Å². The van der Waals surface area contributed by atoms with Gasteiger partial charge >= 0.3 is 0 Å². The van der Waals surface area contributed by atoms with E-state index in [-0.39, 0.29) is 25.0 Å². The number of likely N-dealkylation sites (N-methyl/N-ethyl adjacent to an activating group) is 1. The molecule has 0 spiro atoms. The molecule has 0 unspecified atom stereocenters. The van der Waals surface area contributed by atoms with Crippen molar-refractivity contribution in [1.82, 2.24) is 15.1 Å². The van der Waals surface area contributed by atoms with Gasteiger partial charge < -0.3 is 19.9 Å². The minimum Gasteiger partial charge on any atom is -0.484 e. The van der Waals surface area contributed by atoms with Crippen LogP contribution in [0.4, 0.5) is 0 Å². The van der Waals surface area contributed by atoms with E-state index in [1.807, 2.05) is 38.2 Å². The van der Waals surface area contributed by atoms with Gasteiger partial charge in [0.25, 0.3) is 5.91 Å². The maximum atomic E-state index is 12.0. The highest BCUT2D eigenvalue weighted by atomic mass is 16.5. The Hall–Kier alpha value is -2.08. The summed E-state index contributed by atoms with van der Waals surface area (Å²) in [7, 11) is 2.03. The van der Waals surface area contributed by atoms with Gasteiger partial charge in [-0.2, -0.15) is 0 Å². The lowest BCUT2D eigenvalue weighted by Gasteiger charge is -2.32. The van der Waals surface area contributed by atoms with Crippen molar-refractivity contribution in [3.05, 3.63) is 29.8 Å². The topological polar surface area (TPSA) is 61.9 Å². The van der Waals surface area contributed by atoms with E-state index in [9.17, 15) is 9.59 Å². The highest BCUT2D eigenvalue weighted by Gasteiger charge is 2.19. The first-order valence-corrected chi connectivity index (χ1v) is 7.47. The van der Waals surface area contributed by atoms with Crippen molar-refractivity contribution in [2.24, 2.45) is 0 Å². The third-order valence-electron chi connectivity index (χ3n) is 3.75. The molecule has 1 aliphatic rings. The third kappa shape index (κ3) is 4.73. The van der Waals surface area contributed by atoms with Crippen molar-refractivity contribution in [2.45, 2.75) is 6.92 Å². The summed E-state index contributed by atoms with van der Waals surface area (Å²) in [5.41, 5.74) is 0.976. The van der Waals surface area contributed by atoms with Crippen molar-refractivity contribution in [3.8, 4) is 5.75 Å². The Bertz CT molecular complexity index is 525. The molecule has 1 aromatic carbocycles. The molecule has 2 rings (SSSR count). The largest absolute Gasteiger partial charge is 0.484 e. The molecule has 1 aliphatic heterocycles. The van der Waals surface area contributed by atoms with E-state index >= 15 is 0 Å². The van der Waals surface area contributed by atoms with Crippen LogP contribution in [0.5, 0.6) is 5.75 Å². The van der Waals surface area contributed by atoms with Gasteiger partial charge in [-0.15, -0.1) is 0 Å². The summed E-state index contributed by atoms with van der Waals surface area (Å²) in [5.74, 6) is 0.353. The monoisotopic (exact) mass is 305 g/mol. The number of para-hydroxylation sites is 1. The fourth-order valence-electron chi connectivity index (χ4n) is 2.25. The van der Waals surface area contributed by atoms with Gasteiger partial charge in [-0.25, -0.2) is 0 Å². The van der Waals surface area contributed by atoms with Gasteiger partial charge in [0.05, 0.1) is 6.54 Å². The fourth-order valence-corrected chi connectivity index (χ4v) is 2.25. The van der Waals surface area contributed by atoms with Crippen LogP contribution in [-0.4, -0.2) is 68.0 Å². The SMILES string of the molecule is Cc1ccccc1OCC(=O)NCC(=O)N1CCN(C)CC1. The average molecular weight is 305 g/mol. The van der Waals surface area contributed by atoms with Crippen molar-refractivity contribution >= 4 is 11.8 Å². The summed E-state index contributed by atoms with van der Waals surface area (Å²) in [6.45, 7) is 5.03. The van der Waals surface area contributed by atoms with Crippen LogP contribution in [-0.2, 0) is 9.59 Å². The van der Waals surface area contributed by atoms with E-state index in [1.165, 1.54) is 0 Å². The maximum Gasteiger partial charge on any atom is 0.258 e. The normalized spacial score (nSPS) is 15.5. The van der Waals surface area contributed by atoms with E-state index in [1.54, 1.807) is 4.90 Å². The minimum absolute atomic E-state index is 0.0275. The molecule has 2 amide bonds. The Morgan fingerprint density at radius 2 is 1.86 bits per heavy atom. The second-order valence-corrected chi connectivity index (χ2v) is 5.51. The Labute approximate surface area is 131 Å². The number of hydrogen-bond donors (Lipinski definition) is 1.